The van der Waals surface area contributed by atoms with E-state index in [0.717, 1.165) is 0 Å². The van der Waals surface area contributed by atoms with Crippen LogP contribution in [0.2, 0.25) is 0 Å². The van der Waals surface area contributed by atoms with Crippen LogP contribution in [-0.4, -0.2) is 5.91 Å². The monoisotopic (exact) mass is 180 g/mol. The van der Waals surface area contributed by atoms with E-state index in [0.29, 0.717) is 6.42 Å². The van der Waals surface area contributed by atoms with E-state index in [1.165, 1.54) is 6.07 Å². The Bertz CT molecular complexity index is 274. The summed E-state index contributed by atoms with van der Waals surface area (Å²) >= 11 is 0. The van der Waals surface area contributed by atoms with Crippen molar-refractivity contribution in [1.29, 1.82) is 0 Å². The molecule has 3 heteroatoms. The first-order chi connectivity index (χ1) is 6.25. The highest BCUT2D eigenvalue weighted by Gasteiger charge is 2.12. The molecule has 0 saturated carbocycles. The number of carbonyl (C=O) groups is 1. The molecule has 0 bridgehead atoms. The van der Waals surface area contributed by atoms with Crippen LogP contribution in [0.25, 0.3) is 0 Å². The molecule has 0 N–H and O–H groups in total. The molecule has 2 nitrogen and oxygen atoms in total. The summed E-state index contributed by atoms with van der Waals surface area (Å²) in [5.41, 5.74) is 0.168. The van der Waals surface area contributed by atoms with Gasteiger partial charge in [-0.15, -0.1) is 5.12 Å². The summed E-state index contributed by atoms with van der Waals surface area (Å²) in [5.74, 6) is -0.523. The normalized spacial score (nSPS) is 9.69. The predicted molar refractivity (Wildman–Crippen MR) is 48.8 cm³/mol. The van der Waals surface area contributed by atoms with E-state index in [1.54, 1.807) is 18.2 Å². The van der Waals surface area contributed by atoms with Gasteiger partial charge in [-0.05, 0) is 12.5 Å². The summed E-state index contributed by atoms with van der Waals surface area (Å²) in [4.78, 5) is 11.1. The molecule has 13 heavy (non-hydrogen) atoms. The molecule has 0 spiro atoms. The van der Waals surface area contributed by atoms with Crippen LogP contribution < -0.4 is 5.12 Å². The molecule has 1 amide bonds. The maximum atomic E-state index is 13.2. The number of para-hydroxylation sites is 1. The SMILES string of the molecule is CCCC(=O)N(F)c1[c]cccc1. The molecule has 0 aromatic heterocycles. The van der Waals surface area contributed by atoms with Crippen molar-refractivity contribution < 1.29 is 9.28 Å². The van der Waals surface area contributed by atoms with Crippen LogP contribution in [0.4, 0.5) is 10.2 Å². The molecule has 69 valence electrons. The van der Waals surface area contributed by atoms with E-state index in [9.17, 15) is 9.28 Å². The van der Waals surface area contributed by atoms with Gasteiger partial charge in [0.25, 0.3) is 5.91 Å². The number of nitrogens with zero attached hydrogens (tertiary/aromatic N) is 1. The molecular weight excluding hydrogens is 169 g/mol. The second-order valence-corrected chi connectivity index (χ2v) is 2.67. The van der Waals surface area contributed by atoms with Gasteiger partial charge < -0.3 is 0 Å². The Labute approximate surface area is 76.9 Å². The zero-order valence-corrected chi connectivity index (χ0v) is 7.46. The molecule has 1 radical (unpaired) electrons. The lowest BCUT2D eigenvalue weighted by Gasteiger charge is -2.10. The zero-order valence-electron chi connectivity index (χ0n) is 7.46. The summed E-state index contributed by atoms with van der Waals surface area (Å²) in [6.07, 6.45) is 0.866. The third kappa shape index (κ3) is 2.54. The molecule has 0 aliphatic carbocycles. The summed E-state index contributed by atoms with van der Waals surface area (Å²) in [6.45, 7) is 1.83. The Morgan fingerprint density at radius 1 is 1.62 bits per heavy atom. The number of benzene rings is 1. The Kier molecular flexibility index (Phi) is 3.43. The summed E-state index contributed by atoms with van der Waals surface area (Å²) in [7, 11) is 0. The summed E-state index contributed by atoms with van der Waals surface area (Å²) in [6, 6.07) is 9.10. The molecule has 0 aliphatic heterocycles. The zero-order chi connectivity index (χ0) is 9.68. The first-order valence-electron chi connectivity index (χ1n) is 4.21. The van der Waals surface area contributed by atoms with Crippen molar-refractivity contribution in [1.82, 2.24) is 0 Å². The lowest BCUT2D eigenvalue weighted by molar-refractivity contribution is -0.121. The van der Waals surface area contributed by atoms with Crippen molar-refractivity contribution >= 4 is 11.6 Å². The highest BCUT2D eigenvalue weighted by Crippen LogP contribution is 2.14. The van der Waals surface area contributed by atoms with E-state index >= 15 is 0 Å². The number of halogens is 1. The minimum absolute atomic E-state index is 0.142. The quantitative estimate of drug-likeness (QED) is 0.654. The van der Waals surface area contributed by atoms with Gasteiger partial charge in [0.1, 0.15) is 0 Å². The summed E-state index contributed by atoms with van der Waals surface area (Å²) in [5, 5.41) is 0.142. The maximum Gasteiger partial charge on any atom is 0.255 e. The number of rotatable bonds is 3. The van der Waals surface area contributed by atoms with Crippen molar-refractivity contribution in [2.45, 2.75) is 19.8 Å². The first-order valence-corrected chi connectivity index (χ1v) is 4.21. The van der Waals surface area contributed by atoms with E-state index < -0.39 is 5.91 Å². The van der Waals surface area contributed by atoms with Crippen LogP contribution >= 0.6 is 0 Å². The number of hydrogen-bond acceptors (Lipinski definition) is 1. The number of anilines is 1. The second kappa shape index (κ2) is 4.60. The van der Waals surface area contributed by atoms with E-state index in [1.807, 2.05) is 6.92 Å². The topological polar surface area (TPSA) is 20.3 Å². The van der Waals surface area contributed by atoms with Crippen LogP contribution in [0.15, 0.2) is 24.3 Å². The lowest BCUT2D eigenvalue weighted by Crippen LogP contribution is -2.21. The van der Waals surface area contributed by atoms with E-state index in [2.05, 4.69) is 6.07 Å². The van der Waals surface area contributed by atoms with Gasteiger partial charge in [-0.25, -0.2) is 0 Å². The molecule has 1 aromatic carbocycles. The highest BCUT2D eigenvalue weighted by atomic mass is 19.2. The molecule has 0 fully saturated rings. The fourth-order valence-corrected chi connectivity index (χ4v) is 0.952. The molecule has 1 aromatic rings. The van der Waals surface area contributed by atoms with Crippen LogP contribution in [0.3, 0.4) is 0 Å². The molecule has 1 rings (SSSR count). The second-order valence-electron chi connectivity index (χ2n) is 2.67. The highest BCUT2D eigenvalue weighted by molar-refractivity contribution is 5.90. The third-order valence-corrected chi connectivity index (χ3v) is 1.59. The molecule has 0 unspecified atom stereocenters. The van der Waals surface area contributed by atoms with Gasteiger partial charge >= 0.3 is 0 Å². The van der Waals surface area contributed by atoms with Gasteiger partial charge in [-0.2, -0.15) is 0 Å². The molecule has 0 saturated heterocycles. The van der Waals surface area contributed by atoms with Crippen molar-refractivity contribution in [3.63, 3.8) is 0 Å². The average molecular weight is 180 g/mol. The predicted octanol–water partition coefficient (Wildman–Crippen LogP) is 2.50. The molecule has 0 atom stereocenters. The van der Waals surface area contributed by atoms with Crippen molar-refractivity contribution in [2.75, 3.05) is 5.12 Å². The minimum Gasteiger partial charge on any atom is -0.272 e. The Balaban J connectivity index is 2.68. The van der Waals surface area contributed by atoms with Gasteiger partial charge in [0, 0.05) is 12.5 Å². The number of amides is 1. The first kappa shape index (κ1) is 9.71. The van der Waals surface area contributed by atoms with Crippen LogP contribution in [0.1, 0.15) is 19.8 Å². The van der Waals surface area contributed by atoms with Crippen molar-refractivity contribution in [3.05, 3.63) is 30.3 Å². The smallest absolute Gasteiger partial charge is 0.255 e. The average Bonchev–Trinajstić information content (AvgIpc) is 2.18. The lowest BCUT2D eigenvalue weighted by atomic mass is 10.3. The third-order valence-electron chi connectivity index (χ3n) is 1.59. The van der Waals surface area contributed by atoms with Crippen LogP contribution in [-0.2, 0) is 4.79 Å². The Morgan fingerprint density at radius 3 is 2.92 bits per heavy atom. The van der Waals surface area contributed by atoms with Crippen LogP contribution in [0.5, 0.6) is 0 Å². The molecular formula is C10H11FNO. The molecule has 0 aliphatic rings. The maximum absolute atomic E-state index is 13.2. The standard InChI is InChI=1S/C10H11FNO/c1-2-6-10(13)12(11)9-7-4-3-5-8-9/h3-5,7H,2,6H2,1H3. The molecule has 0 heterocycles. The van der Waals surface area contributed by atoms with Crippen molar-refractivity contribution in [2.24, 2.45) is 0 Å². The van der Waals surface area contributed by atoms with E-state index in [4.69, 9.17) is 0 Å². The fourth-order valence-electron chi connectivity index (χ4n) is 0.952. The minimum atomic E-state index is -0.523. The summed E-state index contributed by atoms with van der Waals surface area (Å²) < 4.78 is 13.2. The van der Waals surface area contributed by atoms with Gasteiger partial charge in [-0.1, -0.05) is 29.6 Å². The number of carbonyl (C=O) groups excluding carboxylic acids is 1. The van der Waals surface area contributed by atoms with E-state index in [-0.39, 0.29) is 17.2 Å². The van der Waals surface area contributed by atoms with Gasteiger partial charge in [-0.3, -0.25) is 4.79 Å². The van der Waals surface area contributed by atoms with Crippen molar-refractivity contribution in [3.8, 4) is 0 Å². The Morgan fingerprint density at radius 2 is 2.38 bits per heavy atom. The van der Waals surface area contributed by atoms with Gasteiger partial charge in [0.05, 0.1) is 5.69 Å². The fraction of sp³-hybridized carbons (Fsp3) is 0.300. The van der Waals surface area contributed by atoms with Crippen LogP contribution in [0, 0.1) is 6.07 Å². The van der Waals surface area contributed by atoms with Gasteiger partial charge in [0.15, 0.2) is 0 Å². The Hall–Kier alpha value is -1.38. The largest absolute Gasteiger partial charge is 0.272 e. The number of hydrogen-bond donors (Lipinski definition) is 0. The van der Waals surface area contributed by atoms with Gasteiger partial charge in [0.2, 0.25) is 0 Å².